The van der Waals surface area contributed by atoms with Crippen LogP contribution in [0.3, 0.4) is 0 Å². The van der Waals surface area contributed by atoms with E-state index in [4.69, 9.17) is 11.6 Å². The van der Waals surface area contributed by atoms with Crippen LogP contribution in [0.1, 0.15) is 11.3 Å². The van der Waals surface area contributed by atoms with Gasteiger partial charge in [0, 0.05) is 29.0 Å². The Kier molecular flexibility index (Phi) is 5.29. The Morgan fingerprint density at radius 3 is 2.46 bits per heavy atom. The lowest BCUT2D eigenvalue weighted by Gasteiger charge is -2.10. The summed E-state index contributed by atoms with van der Waals surface area (Å²) in [5.41, 5.74) is 3.11. The van der Waals surface area contributed by atoms with E-state index in [2.05, 4.69) is 44.9 Å². The molecule has 0 aliphatic rings. The van der Waals surface area contributed by atoms with E-state index in [-0.39, 0.29) is 0 Å². The lowest BCUT2D eigenvalue weighted by atomic mass is 10.1. The van der Waals surface area contributed by atoms with Crippen molar-refractivity contribution in [3.8, 4) is 0 Å². The molecular formula is C19H19ClN4. The highest BCUT2D eigenvalue weighted by Gasteiger charge is 2.03. The summed E-state index contributed by atoms with van der Waals surface area (Å²) < 4.78 is 0. The van der Waals surface area contributed by atoms with Crippen molar-refractivity contribution in [2.24, 2.45) is 0 Å². The van der Waals surface area contributed by atoms with Crippen LogP contribution in [0.2, 0.25) is 5.02 Å². The van der Waals surface area contributed by atoms with Gasteiger partial charge in [-0.15, -0.1) is 0 Å². The predicted octanol–water partition coefficient (Wildman–Crippen LogP) is 4.84. The zero-order valence-electron chi connectivity index (χ0n) is 13.5. The molecule has 24 heavy (non-hydrogen) atoms. The summed E-state index contributed by atoms with van der Waals surface area (Å²) in [6, 6.07) is 19.8. The van der Waals surface area contributed by atoms with E-state index in [1.807, 2.05) is 43.3 Å². The Bertz CT molecular complexity index is 788. The smallest absolute Gasteiger partial charge is 0.229 e. The average molecular weight is 339 g/mol. The molecule has 1 aromatic heterocycles. The number of aryl methyl sites for hydroxylation is 1. The average Bonchev–Trinajstić information content (AvgIpc) is 2.57. The van der Waals surface area contributed by atoms with Crippen LogP contribution in [0.15, 0.2) is 60.7 Å². The molecule has 1 heterocycles. The number of halogens is 1. The minimum Gasteiger partial charge on any atom is -0.370 e. The molecule has 0 spiro atoms. The molecule has 0 fully saturated rings. The second kappa shape index (κ2) is 7.79. The summed E-state index contributed by atoms with van der Waals surface area (Å²) in [5, 5.41) is 7.26. The zero-order chi connectivity index (χ0) is 16.8. The van der Waals surface area contributed by atoms with E-state index >= 15 is 0 Å². The number of nitrogens with one attached hydrogen (secondary N) is 2. The van der Waals surface area contributed by atoms with Crippen LogP contribution < -0.4 is 10.6 Å². The van der Waals surface area contributed by atoms with Crippen LogP contribution in [0.4, 0.5) is 17.5 Å². The van der Waals surface area contributed by atoms with Gasteiger partial charge in [0.15, 0.2) is 0 Å². The van der Waals surface area contributed by atoms with E-state index in [9.17, 15) is 0 Å². The van der Waals surface area contributed by atoms with Crippen molar-refractivity contribution in [2.75, 3.05) is 17.2 Å². The molecule has 0 unspecified atom stereocenters. The second-order valence-electron chi connectivity index (χ2n) is 5.51. The van der Waals surface area contributed by atoms with Crippen molar-refractivity contribution in [2.45, 2.75) is 13.3 Å². The first-order chi connectivity index (χ1) is 11.7. The molecule has 0 atom stereocenters. The third kappa shape index (κ3) is 4.70. The molecule has 2 N–H and O–H groups in total. The molecule has 0 bridgehead atoms. The van der Waals surface area contributed by atoms with Crippen molar-refractivity contribution < 1.29 is 0 Å². The summed E-state index contributed by atoms with van der Waals surface area (Å²) in [5.74, 6) is 1.38. The number of anilines is 3. The van der Waals surface area contributed by atoms with E-state index < -0.39 is 0 Å². The Hall–Kier alpha value is -2.59. The molecule has 122 valence electrons. The van der Waals surface area contributed by atoms with Crippen LogP contribution in [0.25, 0.3) is 0 Å². The number of rotatable bonds is 6. The second-order valence-corrected chi connectivity index (χ2v) is 5.95. The first-order valence-corrected chi connectivity index (χ1v) is 8.23. The number of benzene rings is 2. The van der Waals surface area contributed by atoms with Crippen LogP contribution in [-0.2, 0) is 6.42 Å². The van der Waals surface area contributed by atoms with Gasteiger partial charge < -0.3 is 10.6 Å². The molecule has 0 radical (unpaired) electrons. The summed E-state index contributed by atoms with van der Waals surface area (Å²) in [7, 11) is 0. The molecular weight excluding hydrogens is 320 g/mol. The fraction of sp³-hybridized carbons (Fsp3) is 0.158. The first-order valence-electron chi connectivity index (χ1n) is 7.85. The highest BCUT2D eigenvalue weighted by molar-refractivity contribution is 6.30. The molecule has 0 saturated carbocycles. The van der Waals surface area contributed by atoms with Crippen LogP contribution >= 0.6 is 11.6 Å². The van der Waals surface area contributed by atoms with Gasteiger partial charge in [0.1, 0.15) is 5.82 Å². The largest absolute Gasteiger partial charge is 0.370 e. The van der Waals surface area contributed by atoms with E-state index in [0.717, 1.165) is 30.2 Å². The maximum Gasteiger partial charge on any atom is 0.229 e. The Labute approximate surface area is 146 Å². The molecule has 0 saturated heterocycles. The van der Waals surface area contributed by atoms with Gasteiger partial charge in [-0.1, -0.05) is 41.9 Å². The van der Waals surface area contributed by atoms with Crippen LogP contribution in [0, 0.1) is 6.92 Å². The third-order valence-corrected chi connectivity index (χ3v) is 3.77. The third-order valence-electron chi connectivity index (χ3n) is 3.52. The van der Waals surface area contributed by atoms with Crippen molar-refractivity contribution in [1.29, 1.82) is 0 Å². The lowest BCUT2D eigenvalue weighted by Crippen LogP contribution is -2.08. The number of aromatic nitrogens is 2. The monoisotopic (exact) mass is 338 g/mol. The SMILES string of the molecule is Cc1cc(NCCc2ccccc2)nc(Nc2ccc(Cl)cc2)n1. The van der Waals surface area contributed by atoms with Crippen molar-refractivity contribution >= 4 is 29.1 Å². The summed E-state index contributed by atoms with van der Waals surface area (Å²) in [6.45, 7) is 2.78. The topological polar surface area (TPSA) is 49.8 Å². The van der Waals surface area contributed by atoms with Gasteiger partial charge in [-0.25, -0.2) is 4.98 Å². The Balaban J connectivity index is 1.64. The zero-order valence-corrected chi connectivity index (χ0v) is 14.2. The van der Waals surface area contributed by atoms with Gasteiger partial charge in [-0.3, -0.25) is 0 Å². The first kappa shape index (κ1) is 16.3. The predicted molar refractivity (Wildman–Crippen MR) is 100 cm³/mol. The molecule has 3 rings (SSSR count). The maximum absolute atomic E-state index is 5.90. The van der Waals surface area contributed by atoms with E-state index in [1.165, 1.54) is 5.56 Å². The van der Waals surface area contributed by atoms with Crippen molar-refractivity contribution in [1.82, 2.24) is 9.97 Å². The Morgan fingerprint density at radius 2 is 1.71 bits per heavy atom. The minimum atomic E-state index is 0.569. The lowest BCUT2D eigenvalue weighted by molar-refractivity contribution is 0.995. The molecule has 4 nitrogen and oxygen atoms in total. The standard InChI is InChI=1S/C19H19ClN4/c1-14-13-18(21-12-11-15-5-3-2-4-6-15)24-19(22-14)23-17-9-7-16(20)8-10-17/h2-10,13H,11-12H2,1H3,(H2,21,22,23,24). The Morgan fingerprint density at radius 1 is 0.958 bits per heavy atom. The van der Waals surface area contributed by atoms with Crippen LogP contribution in [0.5, 0.6) is 0 Å². The number of hydrogen-bond acceptors (Lipinski definition) is 4. The van der Waals surface area contributed by atoms with Gasteiger partial charge in [0.25, 0.3) is 0 Å². The molecule has 3 aromatic rings. The van der Waals surface area contributed by atoms with Gasteiger partial charge in [0.05, 0.1) is 0 Å². The summed E-state index contributed by atoms with van der Waals surface area (Å²) >= 11 is 5.90. The van der Waals surface area contributed by atoms with E-state index in [1.54, 1.807) is 0 Å². The highest BCUT2D eigenvalue weighted by Crippen LogP contribution is 2.18. The molecule has 5 heteroatoms. The minimum absolute atomic E-state index is 0.569. The van der Waals surface area contributed by atoms with E-state index in [0.29, 0.717) is 11.0 Å². The highest BCUT2D eigenvalue weighted by atomic mass is 35.5. The molecule has 0 aliphatic heterocycles. The summed E-state index contributed by atoms with van der Waals surface area (Å²) in [6.07, 6.45) is 0.948. The fourth-order valence-corrected chi connectivity index (χ4v) is 2.48. The molecule has 2 aromatic carbocycles. The maximum atomic E-state index is 5.90. The summed E-state index contributed by atoms with van der Waals surface area (Å²) in [4.78, 5) is 8.94. The van der Waals surface area contributed by atoms with Gasteiger partial charge in [0.2, 0.25) is 5.95 Å². The number of nitrogens with zero attached hydrogens (tertiary/aromatic N) is 2. The number of hydrogen-bond donors (Lipinski definition) is 2. The van der Waals surface area contributed by atoms with Gasteiger partial charge >= 0.3 is 0 Å². The molecule has 0 aliphatic carbocycles. The van der Waals surface area contributed by atoms with Crippen molar-refractivity contribution in [3.63, 3.8) is 0 Å². The fourth-order valence-electron chi connectivity index (χ4n) is 2.36. The molecule has 0 amide bonds. The van der Waals surface area contributed by atoms with Crippen molar-refractivity contribution in [3.05, 3.63) is 76.9 Å². The van der Waals surface area contributed by atoms with Crippen LogP contribution in [-0.4, -0.2) is 16.5 Å². The van der Waals surface area contributed by atoms with Gasteiger partial charge in [-0.2, -0.15) is 4.98 Å². The van der Waals surface area contributed by atoms with Gasteiger partial charge in [-0.05, 0) is 43.2 Å². The normalized spacial score (nSPS) is 10.4. The quantitative estimate of drug-likeness (QED) is 0.675.